The quantitative estimate of drug-likeness (QED) is 0.844. The van der Waals surface area contributed by atoms with Gasteiger partial charge in [0.15, 0.2) is 0 Å². The largest absolute Gasteiger partial charge is 0.383 e. The van der Waals surface area contributed by atoms with Crippen LogP contribution in [-0.4, -0.2) is 36.5 Å². The Morgan fingerprint density at radius 2 is 2.44 bits per heavy atom. The Kier molecular flexibility index (Phi) is 5.73. The predicted molar refractivity (Wildman–Crippen MR) is 65.8 cm³/mol. The number of methoxy groups -OCH3 is 1. The van der Waals surface area contributed by atoms with Gasteiger partial charge in [0.2, 0.25) is 0 Å². The van der Waals surface area contributed by atoms with Crippen molar-refractivity contribution in [3.63, 3.8) is 0 Å². The molecular weight excluding hydrogens is 295 g/mol. The summed E-state index contributed by atoms with van der Waals surface area (Å²) in [5.74, 6) is -0.241. The maximum atomic E-state index is 11.6. The Balaban J connectivity index is 2.43. The molecule has 0 radical (unpaired) electrons. The standard InChI is InChI=1S/C10H12BrClN2O2/c1-16-6-8(12)5-14-10(15)9-3-2-7(11)4-13-9/h2-4,8H,5-6H2,1H3,(H,14,15). The molecule has 88 valence electrons. The van der Waals surface area contributed by atoms with Crippen LogP contribution in [0.3, 0.4) is 0 Å². The van der Waals surface area contributed by atoms with Gasteiger partial charge in [-0.15, -0.1) is 11.6 Å². The number of alkyl halides is 1. The molecule has 4 nitrogen and oxygen atoms in total. The number of aromatic nitrogens is 1. The van der Waals surface area contributed by atoms with Gasteiger partial charge in [0.1, 0.15) is 5.69 Å². The number of amides is 1. The molecule has 0 aliphatic heterocycles. The molecule has 16 heavy (non-hydrogen) atoms. The highest BCUT2D eigenvalue weighted by molar-refractivity contribution is 9.10. The van der Waals surface area contributed by atoms with Crippen LogP contribution in [0.2, 0.25) is 0 Å². The van der Waals surface area contributed by atoms with Crippen LogP contribution in [0.5, 0.6) is 0 Å². The Bertz CT molecular complexity index is 345. The molecule has 1 atom stereocenters. The zero-order valence-corrected chi connectivity index (χ0v) is 11.1. The van der Waals surface area contributed by atoms with Crippen molar-refractivity contribution in [1.82, 2.24) is 10.3 Å². The SMILES string of the molecule is COCC(Cl)CNC(=O)c1ccc(Br)cn1. The number of pyridine rings is 1. The van der Waals surface area contributed by atoms with Gasteiger partial charge in [-0.05, 0) is 28.1 Å². The summed E-state index contributed by atoms with van der Waals surface area (Å²) in [7, 11) is 1.56. The third-order valence-electron chi connectivity index (χ3n) is 1.79. The minimum atomic E-state index is -0.241. The monoisotopic (exact) mass is 306 g/mol. The summed E-state index contributed by atoms with van der Waals surface area (Å²) in [6.07, 6.45) is 1.57. The normalized spacial score (nSPS) is 12.2. The van der Waals surface area contributed by atoms with Crippen molar-refractivity contribution in [3.8, 4) is 0 Å². The number of hydrogen-bond acceptors (Lipinski definition) is 3. The lowest BCUT2D eigenvalue weighted by atomic mass is 10.3. The van der Waals surface area contributed by atoms with Crippen molar-refractivity contribution in [1.29, 1.82) is 0 Å². The number of ether oxygens (including phenoxy) is 1. The van der Waals surface area contributed by atoms with Crippen LogP contribution in [0, 0.1) is 0 Å². The number of hydrogen-bond donors (Lipinski definition) is 1. The second-order valence-electron chi connectivity index (χ2n) is 3.12. The summed E-state index contributed by atoms with van der Waals surface area (Å²) in [5, 5.41) is 2.44. The Hall–Kier alpha value is -0.650. The van der Waals surface area contributed by atoms with Gasteiger partial charge >= 0.3 is 0 Å². The summed E-state index contributed by atoms with van der Waals surface area (Å²) in [6, 6.07) is 3.40. The predicted octanol–water partition coefficient (Wildman–Crippen LogP) is 1.83. The van der Waals surface area contributed by atoms with E-state index in [0.29, 0.717) is 18.8 Å². The van der Waals surface area contributed by atoms with E-state index in [9.17, 15) is 4.79 Å². The van der Waals surface area contributed by atoms with Gasteiger partial charge < -0.3 is 10.1 Å². The lowest BCUT2D eigenvalue weighted by molar-refractivity contribution is 0.0944. The minimum Gasteiger partial charge on any atom is -0.383 e. The molecule has 0 saturated carbocycles. The van der Waals surface area contributed by atoms with Crippen LogP contribution in [0.15, 0.2) is 22.8 Å². The van der Waals surface area contributed by atoms with Crippen molar-refractivity contribution in [3.05, 3.63) is 28.5 Å². The molecule has 0 aromatic carbocycles. The summed E-state index contributed by atoms with van der Waals surface area (Å²) in [4.78, 5) is 15.5. The van der Waals surface area contributed by atoms with Crippen molar-refractivity contribution in [2.75, 3.05) is 20.3 Å². The van der Waals surface area contributed by atoms with E-state index in [4.69, 9.17) is 16.3 Å². The fourth-order valence-corrected chi connectivity index (χ4v) is 1.48. The first-order valence-corrected chi connectivity index (χ1v) is 5.89. The first-order chi connectivity index (χ1) is 7.63. The van der Waals surface area contributed by atoms with Crippen LogP contribution in [0.25, 0.3) is 0 Å². The molecule has 1 rings (SSSR count). The zero-order valence-electron chi connectivity index (χ0n) is 8.74. The van der Waals surface area contributed by atoms with E-state index in [1.807, 2.05) is 0 Å². The van der Waals surface area contributed by atoms with Crippen molar-refractivity contribution < 1.29 is 9.53 Å². The van der Waals surface area contributed by atoms with Gasteiger partial charge in [-0.3, -0.25) is 4.79 Å². The van der Waals surface area contributed by atoms with Gasteiger partial charge in [-0.25, -0.2) is 4.98 Å². The zero-order chi connectivity index (χ0) is 12.0. The Labute approximate surface area is 107 Å². The molecule has 0 fully saturated rings. The fraction of sp³-hybridized carbons (Fsp3) is 0.400. The van der Waals surface area contributed by atoms with Gasteiger partial charge in [-0.2, -0.15) is 0 Å². The second kappa shape index (κ2) is 6.83. The van der Waals surface area contributed by atoms with E-state index in [1.54, 1.807) is 25.4 Å². The van der Waals surface area contributed by atoms with Gasteiger partial charge in [0, 0.05) is 24.3 Å². The first-order valence-electron chi connectivity index (χ1n) is 4.66. The van der Waals surface area contributed by atoms with Crippen molar-refractivity contribution >= 4 is 33.4 Å². The molecule has 0 aliphatic rings. The lowest BCUT2D eigenvalue weighted by Crippen LogP contribution is -2.32. The maximum Gasteiger partial charge on any atom is 0.269 e. The Morgan fingerprint density at radius 1 is 1.69 bits per heavy atom. The highest BCUT2D eigenvalue weighted by Gasteiger charge is 2.09. The highest BCUT2D eigenvalue weighted by atomic mass is 79.9. The molecule has 6 heteroatoms. The molecule has 0 saturated heterocycles. The van der Waals surface area contributed by atoms with Crippen molar-refractivity contribution in [2.45, 2.75) is 5.38 Å². The number of nitrogens with zero attached hydrogens (tertiary/aromatic N) is 1. The topological polar surface area (TPSA) is 51.2 Å². The average molecular weight is 308 g/mol. The molecule has 1 N–H and O–H groups in total. The van der Waals surface area contributed by atoms with Crippen molar-refractivity contribution in [2.24, 2.45) is 0 Å². The van der Waals surface area contributed by atoms with Gasteiger partial charge in [-0.1, -0.05) is 0 Å². The van der Waals surface area contributed by atoms with Crippen LogP contribution < -0.4 is 5.32 Å². The number of carbonyl (C=O) groups is 1. The number of carbonyl (C=O) groups excluding carboxylic acids is 1. The molecule has 1 aromatic heterocycles. The number of halogens is 2. The average Bonchev–Trinajstić information content (AvgIpc) is 2.27. The highest BCUT2D eigenvalue weighted by Crippen LogP contribution is 2.07. The number of nitrogens with one attached hydrogen (secondary N) is 1. The smallest absolute Gasteiger partial charge is 0.269 e. The molecule has 0 spiro atoms. The lowest BCUT2D eigenvalue weighted by Gasteiger charge is -2.09. The summed E-state index contributed by atoms with van der Waals surface area (Å²) >= 11 is 9.12. The molecule has 0 bridgehead atoms. The molecule has 1 amide bonds. The molecular formula is C10H12BrClN2O2. The first kappa shape index (κ1) is 13.4. The van der Waals surface area contributed by atoms with E-state index in [-0.39, 0.29) is 11.3 Å². The summed E-state index contributed by atoms with van der Waals surface area (Å²) in [6.45, 7) is 0.752. The summed E-state index contributed by atoms with van der Waals surface area (Å²) in [5.41, 5.74) is 0.365. The molecule has 1 unspecified atom stereocenters. The number of rotatable bonds is 5. The van der Waals surface area contributed by atoms with Crippen LogP contribution in [-0.2, 0) is 4.74 Å². The van der Waals surface area contributed by atoms with E-state index in [2.05, 4.69) is 26.2 Å². The third kappa shape index (κ3) is 4.47. The second-order valence-corrected chi connectivity index (χ2v) is 4.66. The summed E-state index contributed by atoms with van der Waals surface area (Å²) < 4.78 is 5.68. The molecule has 1 heterocycles. The van der Waals surface area contributed by atoms with Crippen LogP contribution in [0.1, 0.15) is 10.5 Å². The van der Waals surface area contributed by atoms with Gasteiger partial charge in [0.05, 0.1) is 12.0 Å². The van der Waals surface area contributed by atoms with Crippen LogP contribution in [0.4, 0.5) is 0 Å². The van der Waals surface area contributed by atoms with E-state index < -0.39 is 0 Å². The molecule has 0 aliphatic carbocycles. The van der Waals surface area contributed by atoms with E-state index in [1.165, 1.54) is 0 Å². The van der Waals surface area contributed by atoms with Crippen LogP contribution >= 0.6 is 27.5 Å². The van der Waals surface area contributed by atoms with Gasteiger partial charge in [0.25, 0.3) is 5.91 Å². The van der Waals surface area contributed by atoms with E-state index >= 15 is 0 Å². The molecule has 1 aromatic rings. The van der Waals surface area contributed by atoms with E-state index in [0.717, 1.165) is 4.47 Å². The Morgan fingerprint density at radius 3 is 3.00 bits per heavy atom. The fourth-order valence-electron chi connectivity index (χ4n) is 1.04. The third-order valence-corrected chi connectivity index (χ3v) is 2.54. The maximum absolute atomic E-state index is 11.6. The minimum absolute atomic E-state index is 0.232.